The molecule has 60 valence electrons. The molecule has 0 saturated carbocycles. The third kappa shape index (κ3) is 1.51. The SMILES string of the molecule is O=c1[nH]c(=O)n(CS)cc1F. The quantitative estimate of drug-likeness (QED) is 0.570. The van der Waals surface area contributed by atoms with Gasteiger partial charge in [-0.15, -0.1) is 0 Å². The molecule has 0 fully saturated rings. The van der Waals surface area contributed by atoms with Gasteiger partial charge in [-0.1, -0.05) is 0 Å². The van der Waals surface area contributed by atoms with E-state index in [0.29, 0.717) is 0 Å². The van der Waals surface area contributed by atoms with Gasteiger partial charge in [-0.25, -0.2) is 4.79 Å². The number of aromatic amines is 1. The number of hydrogen-bond donors (Lipinski definition) is 2. The van der Waals surface area contributed by atoms with Crippen LogP contribution < -0.4 is 11.2 Å². The molecule has 0 aliphatic carbocycles. The van der Waals surface area contributed by atoms with Crippen LogP contribution >= 0.6 is 12.6 Å². The standard InChI is InChI=1S/C5H5FN2O2S/c6-3-1-8(2-11)5(10)7-4(3)9/h1,11H,2H2,(H,7,9,10). The average molecular weight is 176 g/mol. The van der Waals surface area contributed by atoms with Gasteiger partial charge >= 0.3 is 5.69 Å². The summed E-state index contributed by atoms with van der Waals surface area (Å²) in [5.41, 5.74) is -1.67. The highest BCUT2D eigenvalue weighted by atomic mass is 32.1. The fourth-order valence-corrected chi connectivity index (χ4v) is 0.798. The summed E-state index contributed by atoms with van der Waals surface area (Å²) < 4.78 is 13.4. The molecular formula is C5H5FN2O2S. The maximum atomic E-state index is 12.4. The summed E-state index contributed by atoms with van der Waals surface area (Å²) >= 11 is 3.74. The van der Waals surface area contributed by atoms with Crippen molar-refractivity contribution in [3.05, 3.63) is 32.9 Å². The minimum absolute atomic E-state index is 0.0343. The number of H-pyrrole nitrogens is 1. The molecule has 0 aliphatic rings. The first-order valence-corrected chi connectivity index (χ1v) is 3.38. The number of nitrogens with zero attached hydrogens (tertiary/aromatic N) is 1. The molecule has 1 rings (SSSR count). The minimum Gasteiger partial charge on any atom is -0.288 e. The Hall–Kier alpha value is -1.04. The second kappa shape index (κ2) is 2.91. The van der Waals surface area contributed by atoms with Gasteiger partial charge in [-0.2, -0.15) is 17.0 Å². The molecule has 1 aromatic heterocycles. The Bertz CT molecular complexity index is 369. The first-order valence-electron chi connectivity index (χ1n) is 2.75. The Morgan fingerprint density at radius 2 is 2.27 bits per heavy atom. The zero-order valence-electron chi connectivity index (χ0n) is 5.37. The summed E-state index contributed by atoms with van der Waals surface area (Å²) in [6.07, 6.45) is 0.814. The van der Waals surface area contributed by atoms with Crippen molar-refractivity contribution in [2.24, 2.45) is 0 Å². The molecule has 1 N–H and O–H groups in total. The predicted octanol–water partition coefficient (Wildman–Crippen LogP) is -0.437. The Morgan fingerprint density at radius 1 is 1.64 bits per heavy atom. The van der Waals surface area contributed by atoms with E-state index in [4.69, 9.17) is 0 Å². The summed E-state index contributed by atoms with van der Waals surface area (Å²) in [6.45, 7) is 0. The van der Waals surface area contributed by atoms with Crippen LogP contribution in [0.4, 0.5) is 4.39 Å². The van der Waals surface area contributed by atoms with Crippen LogP contribution in [0.1, 0.15) is 0 Å². The zero-order chi connectivity index (χ0) is 8.43. The molecule has 0 spiro atoms. The van der Waals surface area contributed by atoms with E-state index in [1.807, 2.05) is 0 Å². The van der Waals surface area contributed by atoms with E-state index in [1.165, 1.54) is 0 Å². The van der Waals surface area contributed by atoms with Crippen molar-refractivity contribution in [2.45, 2.75) is 5.88 Å². The number of hydrogen-bond acceptors (Lipinski definition) is 3. The summed E-state index contributed by atoms with van der Waals surface area (Å²) in [4.78, 5) is 22.9. The third-order valence-corrected chi connectivity index (χ3v) is 1.42. The van der Waals surface area contributed by atoms with Gasteiger partial charge < -0.3 is 0 Å². The van der Waals surface area contributed by atoms with Crippen molar-refractivity contribution in [1.29, 1.82) is 0 Å². The maximum absolute atomic E-state index is 12.4. The van der Waals surface area contributed by atoms with E-state index in [0.717, 1.165) is 10.8 Å². The molecule has 4 nitrogen and oxygen atoms in total. The fraction of sp³-hybridized carbons (Fsp3) is 0.200. The van der Waals surface area contributed by atoms with Gasteiger partial charge in [-0.3, -0.25) is 14.3 Å². The smallest absolute Gasteiger partial charge is 0.288 e. The molecule has 0 bridgehead atoms. The molecule has 0 aliphatic heterocycles. The molecule has 0 amide bonds. The van der Waals surface area contributed by atoms with Gasteiger partial charge in [0.25, 0.3) is 5.56 Å². The Balaban J connectivity index is 3.45. The number of rotatable bonds is 1. The van der Waals surface area contributed by atoms with Crippen LogP contribution in [-0.4, -0.2) is 9.55 Å². The second-order valence-corrected chi connectivity index (χ2v) is 2.13. The summed E-state index contributed by atoms with van der Waals surface area (Å²) in [5.74, 6) is -0.953. The summed E-state index contributed by atoms with van der Waals surface area (Å²) in [6, 6.07) is 0. The lowest BCUT2D eigenvalue weighted by Crippen LogP contribution is -2.30. The monoisotopic (exact) mass is 176 g/mol. The van der Waals surface area contributed by atoms with Gasteiger partial charge in [0.05, 0.1) is 12.1 Å². The highest BCUT2D eigenvalue weighted by Gasteiger charge is 2.00. The highest BCUT2D eigenvalue weighted by molar-refractivity contribution is 7.79. The van der Waals surface area contributed by atoms with Gasteiger partial charge in [0, 0.05) is 0 Å². The van der Waals surface area contributed by atoms with Crippen LogP contribution in [0.25, 0.3) is 0 Å². The van der Waals surface area contributed by atoms with Crippen LogP contribution in [0.5, 0.6) is 0 Å². The third-order valence-electron chi connectivity index (χ3n) is 1.12. The van der Waals surface area contributed by atoms with Crippen molar-refractivity contribution in [3.8, 4) is 0 Å². The van der Waals surface area contributed by atoms with Crippen molar-refractivity contribution >= 4 is 12.6 Å². The Morgan fingerprint density at radius 3 is 2.82 bits per heavy atom. The molecule has 0 atom stereocenters. The molecule has 11 heavy (non-hydrogen) atoms. The van der Waals surface area contributed by atoms with Crippen molar-refractivity contribution in [2.75, 3.05) is 0 Å². The topological polar surface area (TPSA) is 54.9 Å². The molecule has 0 saturated heterocycles. The van der Waals surface area contributed by atoms with Gasteiger partial charge in [0.1, 0.15) is 0 Å². The molecule has 0 radical (unpaired) electrons. The maximum Gasteiger partial charge on any atom is 0.329 e. The first-order chi connectivity index (χ1) is 5.15. The lowest BCUT2D eigenvalue weighted by Gasteiger charge is -1.97. The zero-order valence-corrected chi connectivity index (χ0v) is 6.27. The molecule has 1 heterocycles. The molecule has 6 heteroatoms. The largest absolute Gasteiger partial charge is 0.329 e. The normalized spacial score (nSPS) is 10.0. The lowest BCUT2D eigenvalue weighted by molar-refractivity contribution is 0.575. The summed E-state index contributed by atoms with van der Waals surface area (Å²) in [7, 11) is 0. The number of aromatic nitrogens is 2. The van der Waals surface area contributed by atoms with Gasteiger partial charge in [0.15, 0.2) is 0 Å². The average Bonchev–Trinajstić information content (AvgIpc) is 1.97. The Kier molecular flexibility index (Phi) is 2.13. The number of nitrogens with one attached hydrogen (secondary N) is 1. The molecule has 0 aromatic carbocycles. The van der Waals surface area contributed by atoms with Crippen molar-refractivity contribution in [1.82, 2.24) is 9.55 Å². The van der Waals surface area contributed by atoms with E-state index < -0.39 is 17.1 Å². The van der Waals surface area contributed by atoms with Crippen molar-refractivity contribution in [3.63, 3.8) is 0 Å². The number of thiol groups is 1. The highest BCUT2D eigenvalue weighted by Crippen LogP contribution is 1.85. The van der Waals surface area contributed by atoms with Gasteiger partial charge in [0.2, 0.25) is 5.82 Å². The first kappa shape index (κ1) is 8.06. The second-order valence-electron chi connectivity index (χ2n) is 1.85. The number of halogens is 1. The van der Waals surface area contributed by atoms with E-state index >= 15 is 0 Å². The van der Waals surface area contributed by atoms with Crippen LogP contribution in [0.15, 0.2) is 15.8 Å². The van der Waals surface area contributed by atoms with E-state index in [9.17, 15) is 14.0 Å². The van der Waals surface area contributed by atoms with Crippen LogP contribution in [-0.2, 0) is 5.88 Å². The summed E-state index contributed by atoms with van der Waals surface area (Å²) in [5, 5.41) is 0. The van der Waals surface area contributed by atoms with Crippen molar-refractivity contribution < 1.29 is 4.39 Å². The minimum atomic E-state index is -1.01. The predicted molar refractivity (Wildman–Crippen MR) is 40.3 cm³/mol. The molecule has 0 unspecified atom stereocenters. The Labute approximate surface area is 66.1 Å². The van der Waals surface area contributed by atoms with E-state index in [1.54, 1.807) is 4.98 Å². The molecule has 1 aromatic rings. The van der Waals surface area contributed by atoms with E-state index in [-0.39, 0.29) is 5.88 Å². The fourth-order valence-electron chi connectivity index (χ4n) is 0.588. The molecular weight excluding hydrogens is 171 g/mol. The van der Waals surface area contributed by atoms with E-state index in [2.05, 4.69) is 12.6 Å². The lowest BCUT2D eigenvalue weighted by atomic mass is 10.6. The van der Waals surface area contributed by atoms with Crippen LogP contribution in [0, 0.1) is 5.82 Å². The van der Waals surface area contributed by atoms with Crippen LogP contribution in [0.2, 0.25) is 0 Å². The van der Waals surface area contributed by atoms with Crippen LogP contribution in [0.3, 0.4) is 0 Å². The van der Waals surface area contributed by atoms with Gasteiger partial charge in [-0.05, 0) is 0 Å².